The summed E-state index contributed by atoms with van der Waals surface area (Å²) in [5.41, 5.74) is 0.752. The Morgan fingerprint density at radius 2 is 2.21 bits per heavy atom. The number of hydrogen-bond acceptors (Lipinski definition) is 1. The summed E-state index contributed by atoms with van der Waals surface area (Å²) < 4.78 is 0. The largest absolute Gasteiger partial charge is 0.481 e. The molecule has 2 unspecified atom stereocenters. The van der Waals surface area contributed by atoms with Crippen LogP contribution in [-0.4, -0.2) is 11.1 Å². The molecule has 1 saturated carbocycles. The minimum atomic E-state index is -0.612. The van der Waals surface area contributed by atoms with Crippen molar-refractivity contribution >= 4 is 5.97 Å². The van der Waals surface area contributed by atoms with Gasteiger partial charge in [-0.1, -0.05) is 18.6 Å². The zero-order chi connectivity index (χ0) is 10.8. The smallest absolute Gasteiger partial charge is 0.309 e. The molecule has 0 aliphatic heterocycles. The fourth-order valence-electron chi connectivity index (χ4n) is 2.26. The van der Waals surface area contributed by atoms with Gasteiger partial charge in [0.25, 0.3) is 0 Å². The maximum atomic E-state index is 11.3. The van der Waals surface area contributed by atoms with Crippen LogP contribution in [0.3, 0.4) is 0 Å². The summed E-state index contributed by atoms with van der Waals surface area (Å²) in [5.74, 6) is -0.0454. The second-order valence-electron chi connectivity index (χ2n) is 4.92. The van der Waals surface area contributed by atoms with Gasteiger partial charge in [0.05, 0.1) is 5.41 Å². The molecule has 0 aromatic rings. The first-order valence-electron chi connectivity index (χ1n) is 5.33. The molecule has 0 heterocycles. The molecule has 2 heteroatoms. The van der Waals surface area contributed by atoms with Crippen LogP contribution in [0.15, 0.2) is 11.6 Å². The van der Waals surface area contributed by atoms with Gasteiger partial charge in [-0.05, 0) is 45.4 Å². The van der Waals surface area contributed by atoms with Crippen molar-refractivity contribution in [1.82, 2.24) is 0 Å². The van der Waals surface area contributed by atoms with E-state index in [0.717, 1.165) is 19.3 Å². The molecule has 1 aliphatic rings. The molecule has 2 atom stereocenters. The molecule has 0 saturated heterocycles. The average Bonchev–Trinajstić information content (AvgIpc) is 2.45. The predicted octanol–water partition coefficient (Wildman–Crippen LogP) is 3.23. The number of rotatable bonds is 3. The number of allylic oxidation sites excluding steroid dienone is 2. The Morgan fingerprint density at radius 1 is 1.57 bits per heavy atom. The van der Waals surface area contributed by atoms with Crippen molar-refractivity contribution in [2.45, 2.75) is 46.5 Å². The second-order valence-corrected chi connectivity index (χ2v) is 4.92. The van der Waals surface area contributed by atoms with E-state index in [2.05, 4.69) is 13.0 Å². The van der Waals surface area contributed by atoms with E-state index in [1.54, 1.807) is 0 Å². The van der Waals surface area contributed by atoms with Crippen LogP contribution in [0.4, 0.5) is 0 Å². The second kappa shape index (κ2) is 4.16. The highest BCUT2D eigenvalue weighted by molar-refractivity contribution is 5.75. The van der Waals surface area contributed by atoms with Crippen LogP contribution in [0.2, 0.25) is 0 Å². The van der Waals surface area contributed by atoms with Gasteiger partial charge >= 0.3 is 5.97 Å². The third-order valence-electron chi connectivity index (χ3n) is 3.21. The third-order valence-corrected chi connectivity index (χ3v) is 3.21. The molecule has 0 aromatic heterocycles. The van der Waals surface area contributed by atoms with Crippen molar-refractivity contribution < 1.29 is 9.90 Å². The Morgan fingerprint density at radius 3 is 2.57 bits per heavy atom. The van der Waals surface area contributed by atoms with Crippen molar-refractivity contribution in [2.75, 3.05) is 0 Å². The van der Waals surface area contributed by atoms with Crippen LogP contribution in [0.25, 0.3) is 0 Å². The Hall–Kier alpha value is -0.790. The monoisotopic (exact) mass is 196 g/mol. The summed E-state index contributed by atoms with van der Waals surface area (Å²) in [6, 6.07) is 0. The SMILES string of the molecule is CC(C)=CCC1(C(=O)O)CCC(C)C1. The molecule has 2 nitrogen and oxygen atoms in total. The molecule has 0 bridgehead atoms. The lowest BCUT2D eigenvalue weighted by atomic mass is 9.81. The van der Waals surface area contributed by atoms with Crippen LogP contribution in [-0.2, 0) is 4.79 Å². The number of aliphatic carboxylic acids is 1. The highest BCUT2D eigenvalue weighted by atomic mass is 16.4. The highest BCUT2D eigenvalue weighted by Gasteiger charge is 2.42. The van der Waals surface area contributed by atoms with Crippen molar-refractivity contribution in [2.24, 2.45) is 11.3 Å². The fourth-order valence-corrected chi connectivity index (χ4v) is 2.26. The van der Waals surface area contributed by atoms with E-state index < -0.39 is 11.4 Å². The maximum absolute atomic E-state index is 11.3. The number of carboxylic acid groups (broad SMARTS) is 1. The molecule has 0 amide bonds. The summed E-state index contributed by atoms with van der Waals surface area (Å²) in [7, 11) is 0. The van der Waals surface area contributed by atoms with Crippen molar-refractivity contribution in [3.05, 3.63) is 11.6 Å². The summed E-state index contributed by atoms with van der Waals surface area (Å²) >= 11 is 0. The number of carboxylic acids is 1. The summed E-state index contributed by atoms with van der Waals surface area (Å²) in [6.45, 7) is 6.19. The van der Waals surface area contributed by atoms with Crippen LogP contribution in [0.1, 0.15) is 46.5 Å². The van der Waals surface area contributed by atoms with E-state index in [1.165, 1.54) is 5.57 Å². The summed E-state index contributed by atoms with van der Waals surface area (Å²) in [6.07, 6.45) is 5.50. The van der Waals surface area contributed by atoms with Gasteiger partial charge in [-0.15, -0.1) is 0 Å². The predicted molar refractivity (Wildman–Crippen MR) is 57.1 cm³/mol. The van der Waals surface area contributed by atoms with E-state index in [-0.39, 0.29) is 0 Å². The molecule has 1 fully saturated rings. The van der Waals surface area contributed by atoms with E-state index >= 15 is 0 Å². The van der Waals surface area contributed by atoms with E-state index in [1.807, 2.05) is 13.8 Å². The zero-order valence-electron chi connectivity index (χ0n) is 9.34. The van der Waals surface area contributed by atoms with Gasteiger partial charge in [-0.25, -0.2) is 0 Å². The molecule has 1 aliphatic carbocycles. The fraction of sp³-hybridized carbons (Fsp3) is 0.750. The molecular weight excluding hydrogens is 176 g/mol. The van der Waals surface area contributed by atoms with E-state index in [9.17, 15) is 9.90 Å². The lowest BCUT2D eigenvalue weighted by molar-refractivity contribution is -0.148. The summed E-state index contributed by atoms with van der Waals surface area (Å²) in [5, 5.41) is 9.27. The lowest BCUT2D eigenvalue weighted by Gasteiger charge is -2.22. The van der Waals surface area contributed by atoms with Crippen LogP contribution in [0.5, 0.6) is 0 Å². The molecule has 1 rings (SSSR count). The molecule has 0 radical (unpaired) electrons. The minimum absolute atomic E-state index is 0.462. The summed E-state index contributed by atoms with van der Waals surface area (Å²) in [4.78, 5) is 11.3. The van der Waals surface area contributed by atoms with Crippen LogP contribution >= 0.6 is 0 Å². The molecule has 0 aromatic carbocycles. The van der Waals surface area contributed by atoms with Gasteiger partial charge in [-0.3, -0.25) is 4.79 Å². The number of hydrogen-bond donors (Lipinski definition) is 1. The van der Waals surface area contributed by atoms with Crippen molar-refractivity contribution in [3.63, 3.8) is 0 Å². The van der Waals surface area contributed by atoms with Gasteiger partial charge < -0.3 is 5.11 Å². The lowest BCUT2D eigenvalue weighted by Crippen LogP contribution is -2.27. The minimum Gasteiger partial charge on any atom is -0.481 e. The van der Waals surface area contributed by atoms with Gasteiger partial charge in [0.15, 0.2) is 0 Å². The first-order chi connectivity index (χ1) is 6.46. The quantitative estimate of drug-likeness (QED) is 0.703. The first-order valence-corrected chi connectivity index (χ1v) is 5.33. The Labute approximate surface area is 86.0 Å². The molecule has 0 spiro atoms. The Bertz CT molecular complexity index is 251. The standard InChI is InChI=1S/C12H20O2/c1-9(2)4-6-12(11(13)14)7-5-10(3)8-12/h4,10H,5-8H2,1-3H3,(H,13,14). The molecule has 14 heavy (non-hydrogen) atoms. The molecular formula is C12H20O2. The van der Waals surface area contributed by atoms with Gasteiger partial charge in [0, 0.05) is 0 Å². The molecule has 1 N–H and O–H groups in total. The van der Waals surface area contributed by atoms with Gasteiger partial charge in [-0.2, -0.15) is 0 Å². The average molecular weight is 196 g/mol. The van der Waals surface area contributed by atoms with Crippen LogP contribution in [0, 0.1) is 11.3 Å². The highest BCUT2D eigenvalue weighted by Crippen LogP contribution is 2.44. The third kappa shape index (κ3) is 2.37. The maximum Gasteiger partial charge on any atom is 0.309 e. The van der Waals surface area contributed by atoms with Crippen molar-refractivity contribution in [3.8, 4) is 0 Å². The molecule has 80 valence electrons. The van der Waals surface area contributed by atoms with Gasteiger partial charge in [0.2, 0.25) is 0 Å². The van der Waals surface area contributed by atoms with Crippen LogP contribution < -0.4 is 0 Å². The zero-order valence-corrected chi connectivity index (χ0v) is 9.34. The number of carbonyl (C=O) groups is 1. The van der Waals surface area contributed by atoms with Gasteiger partial charge in [0.1, 0.15) is 0 Å². The normalized spacial score (nSPS) is 31.5. The first kappa shape index (κ1) is 11.3. The Kier molecular flexibility index (Phi) is 3.35. The Balaban J connectivity index is 2.74. The van der Waals surface area contributed by atoms with Crippen molar-refractivity contribution in [1.29, 1.82) is 0 Å². The topological polar surface area (TPSA) is 37.3 Å². The van der Waals surface area contributed by atoms with E-state index in [4.69, 9.17) is 0 Å². The van der Waals surface area contributed by atoms with E-state index in [0.29, 0.717) is 12.3 Å².